The molecule has 3 rings (SSSR count). The van der Waals surface area contributed by atoms with Crippen molar-refractivity contribution in [2.75, 3.05) is 5.73 Å². The molecule has 0 fully saturated rings. The Morgan fingerprint density at radius 2 is 2.33 bits per heavy atom. The Labute approximate surface area is 86.7 Å². The molecule has 1 unspecified atom stereocenters. The molecule has 0 aliphatic heterocycles. The van der Waals surface area contributed by atoms with Gasteiger partial charge in [-0.1, -0.05) is 0 Å². The van der Waals surface area contributed by atoms with Gasteiger partial charge in [-0.15, -0.1) is 0 Å². The highest BCUT2D eigenvalue weighted by molar-refractivity contribution is 5.51. The lowest BCUT2D eigenvalue weighted by Gasteiger charge is -2.09. The molecule has 76 valence electrons. The molecular formula is C10H11N5. The number of aromatic amines is 1. The molecule has 0 aromatic carbocycles. The van der Waals surface area contributed by atoms with Crippen LogP contribution < -0.4 is 5.73 Å². The van der Waals surface area contributed by atoms with Crippen molar-refractivity contribution in [3.05, 3.63) is 35.3 Å². The fourth-order valence-corrected chi connectivity index (χ4v) is 2.26. The summed E-state index contributed by atoms with van der Waals surface area (Å²) < 4.78 is 0. The third kappa shape index (κ3) is 1.20. The maximum absolute atomic E-state index is 5.84. The van der Waals surface area contributed by atoms with Crippen molar-refractivity contribution in [3.63, 3.8) is 0 Å². The molecule has 15 heavy (non-hydrogen) atoms. The molecule has 0 radical (unpaired) electrons. The molecule has 5 nitrogen and oxygen atoms in total. The number of anilines is 1. The lowest BCUT2D eigenvalue weighted by molar-refractivity contribution is 0.763. The molecule has 0 amide bonds. The third-order valence-electron chi connectivity index (χ3n) is 2.95. The van der Waals surface area contributed by atoms with Gasteiger partial charge in [0, 0.05) is 23.4 Å². The smallest absolute Gasteiger partial charge is 0.149 e. The van der Waals surface area contributed by atoms with Gasteiger partial charge in [0.1, 0.15) is 5.82 Å². The number of H-pyrrole nitrogens is 1. The van der Waals surface area contributed by atoms with Crippen LogP contribution in [0.15, 0.2) is 18.5 Å². The highest BCUT2D eigenvalue weighted by Crippen LogP contribution is 2.39. The number of rotatable bonds is 1. The molecule has 0 saturated heterocycles. The first-order valence-corrected chi connectivity index (χ1v) is 4.95. The van der Waals surface area contributed by atoms with Crippen molar-refractivity contribution in [2.24, 2.45) is 0 Å². The van der Waals surface area contributed by atoms with Crippen molar-refractivity contribution >= 4 is 5.82 Å². The Hall–Kier alpha value is -1.91. The van der Waals surface area contributed by atoms with Gasteiger partial charge in [0.25, 0.3) is 0 Å². The number of nitrogens with two attached hydrogens (primary N) is 1. The van der Waals surface area contributed by atoms with Crippen LogP contribution in [0.5, 0.6) is 0 Å². The van der Waals surface area contributed by atoms with E-state index in [4.69, 9.17) is 5.73 Å². The largest absolute Gasteiger partial charge is 0.382 e. The molecule has 1 aliphatic carbocycles. The molecule has 1 aliphatic rings. The lowest BCUT2D eigenvalue weighted by Crippen LogP contribution is -2.00. The van der Waals surface area contributed by atoms with Gasteiger partial charge in [0.2, 0.25) is 0 Å². The highest BCUT2D eigenvalue weighted by atomic mass is 15.2. The average Bonchev–Trinajstić information content (AvgIpc) is 2.84. The molecule has 2 aromatic rings. The molecule has 2 aromatic heterocycles. The number of fused-ring (bicyclic) bond motifs is 1. The Kier molecular flexibility index (Phi) is 1.71. The monoisotopic (exact) mass is 201 g/mol. The van der Waals surface area contributed by atoms with Crippen LogP contribution in [0.3, 0.4) is 0 Å². The van der Waals surface area contributed by atoms with Gasteiger partial charge < -0.3 is 5.73 Å². The van der Waals surface area contributed by atoms with Gasteiger partial charge in [-0.3, -0.25) is 5.10 Å². The molecule has 2 heterocycles. The summed E-state index contributed by atoms with van der Waals surface area (Å²) in [5, 5.41) is 14.7. The topological polar surface area (TPSA) is 80.5 Å². The van der Waals surface area contributed by atoms with Crippen molar-refractivity contribution in [1.82, 2.24) is 20.4 Å². The summed E-state index contributed by atoms with van der Waals surface area (Å²) in [5.74, 6) is 0.943. The van der Waals surface area contributed by atoms with Crippen LogP contribution in [0.4, 0.5) is 5.82 Å². The van der Waals surface area contributed by atoms with Crippen LogP contribution in [0.1, 0.15) is 29.2 Å². The zero-order valence-corrected chi connectivity index (χ0v) is 8.14. The molecule has 0 saturated carbocycles. The quantitative estimate of drug-likeness (QED) is 0.717. The molecule has 0 spiro atoms. The fourth-order valence-electron chi connectivity index (χ4n) is 2.26. The first-order chi connectivity index (χ1) is 7.36. The van der Waals surface area contributed by atoms with Gasteiger partial charge >= 0.3 is 0 Å². The minimum absolute atomic E-state index is 0.328. The van der Waals surface area contributed by atoms with Crippen molar-refractivity contribution < 1.29 is 0 Å². The molecular weight excluding hydrogens is 190 g/mol. The SMILES string of the molecule is Nc1n[nH]c2c1C(c1ccnnc1)CC2. The van der Waals surface area contributed by atoms with E-state index >= 15 is 0 Å². The van der Waals surface area contributed by atoms with Crippen LogP contribution in [0.2, 0.25) is 0 Å². The Morgan fingerprint density at radius 3 is 3.13 bits per heavy atom. The van der Waals surface area contributed by atoms with Crippen molar-refractivity contribution in [2.45, 2.75) is 18.8 Å². The number of aromatic nitrogens is 4. The molecule has 5 heteroatoms. The van der Waals surface area contributed by atoms with Gasteiger partial charge in [0.05, 0.1) is 6.20 Å². The van der Waals surface area contributed by atoms with Gasteiger partial charge in [-0.05, 0) is 24.5 Å². The van der Waals surface area contributed by atoms with Gasteiger partial charge in [-0.25, -0.2) is 0 Å². The number of nitrogens with one attached hydrogen (secondary N) is 1. The second kappa shape index (κ2) is 3.05. The standard InChI is InChI=1S/C10H11N5/c11-10-9-7(1-2-8(9)14-15-10)6-3-4-12-13-5-6/h3-5,7H,1-2H2,(H3,11,14,15). The Bertz CT molecular complexity index is 476. The number of nitrogens with zero attached hydrogens (tertiary/aromatic N) is 3. The first-order valence-electron chi connectivity index (χ1n) is 4.95. The minimum atomic E-state index is 0.328. The molecule has 1 atom stereocenters. The Morgan fingerprint density at radius 1 is 1.40 bits per heavy atom. The summed E-state index contributed by atoms with van der Waals surface area (Å²) >= 11 is 0. The number of aryl methyl sites for hydroxylation is 1. The first kappa shape index (κ1) is 8.40. The zero-order valence-electron chi connectivity index (χ0n) is 8.14. The second-order valence-corrected chi connectivity index (χ2v) is 3.77. The third-order valence-corrected chi connectivity index (χ3v) is 2.95. The van der Waals surface area contributed by atoms with E-state index in [-0.39, 0.29) is 0 Å². The number of nitrogen functional groups attached to an aromatic ring is 1. The van der Waals surface area contributed by atoms with E-state index in [0.717, 1.165) is 29.7 Å². The number of hydrogen-bond donors (Lipinski definition) is 2. The van der Waals surface area contributed by atoms with E-state index < -0.39 is 0 Å². The normalized spacial score (nSPS) is 19.1. The van der Waals surface area contributed by atoms with E-state index in [1.807, 2.05) is 6.07 Å². The van der Waals surface area contributed by atoms with Crippen LogP contribution in [0.25, 0.3) is 0 Å². The summed E-state index contributed by atoms with van der Waals surface area (Å²) in [6, 6.07) is 1.99. The lowest BCUT2D eigenvalue weighted by atomic mass is 9.96. The minimum Gasteiger partial charge on any atom is -0.382 e. The van der Waals surface area contributed by atoms with Crippen LogP contribution in [0, 0.1) is 0 Å². The molecule has 0 bridgehead atoms. The van der Waals surface area contributed by atoms with E-state index in [1.165, 1.54) is 0 Å². The van der Waals surface area contributed by atoms with Gasteiger partial charge in [-0.2, -0.15) is 15.3 Å². The van der Waals surface area contributed by atoms with Crippen LogP contribution in [-0.4, -0.2) is 20.4 Å². The number of hydrogen-bond acceptors (Lipinski definition) is 4. The Balaban J connectivity index is 2.07. The summed E-state index contributed by atoms with van der Waals surface area (Å²) in [5.41, 5.74) is 9.31. The predicted molar refractivity (Wildman–Crippen MR) is 55.2 cm³/mol. The van der Waals surface area contributed by atoms with E-state index in [1.54, 1.807) is 12.4 Å². The summed E-state index contributed by atoms with van der Waals surface area (Å²) in [4.78, 5) is 0. The molecule has 3 N–H and O–H groups in total. The second-order valence-electron chi connectivity index (χ2n) is 3.77. The summed E-state index contributed by atoms with van der Waals surface area (Å²) in [6.07, 6.45) is 5.59. The van der Waals surface area contributed by atoms with Crippen molar-refractivity contribution in [1.29, 1.82) is 0 Å². The summed E-state index contributed by atoms with van der Waals surface area (Å²) in [6.45, 7) is 0. The summed E-state index contributed by atoms with van der Waals surface area (Å²) in [7, 11) is 0. The fraction of sp³-hybridized carbons (Fsp3) is 0.300. The van der Waals surface area contributed by atoms with Crippen LogP contribution in [-0.2, 0) is 6.42 Å². The van der Waals surface area contributed by atoms with E-state index in [2.05, 4.69) is 20.4 Å². The average molecular weight is 201 g/mol. The van der Waals surface area contributed by atoms with E-state index in [0.29, 0.717) is 11.7 Å². The van der Waals surface area contributed by atoms with Gasteiger partial charge in [0.15, 0.2) is 0 Å². The van der Waals surface area contributed by atoms with Crippen LogP contribution >= 0.6 is 0 Å². The van der Waals surface area contributed by atoms with Crippen molar-refractivity contribution in [3.8, 4) is 0 Å². The maximum Gasteiger partial charge on any atom is 0.149 e. The van der Waals surface area contributed by atoms with E-state index in [9.17, 15) is 0 Å². The zero-order chi connectivity index (χ0) is 10.3. The highest BCUT2D eigenvalue weighted by Gasteiger charge is 2.28. The predicted octanol–water partition coefficient (Wildman–Crippen LogP) is 0.860. The maximum atomic E-state index is 5.84.